The first-order valence-electron chi connectivity index (χ1n) is 7.54. The Bertz CT molecular complexity index is 917. The SMILES string of the molecule is C[C@@H](OC(=O)c1ccc2ccccc2c1)C(=O)c1cccc(Cl)c1. The molecule has 120 valence electrons. The van der Waals surface area contributed by atoms with Gasteiger partial charge in [-0.05, 0) is 42.0 Å². The zero-order chi connectivity index (χ0) is 17.1. The summed E-state index contributed by atoms with van der Waals surface area (Å²) >= 11 is 5.89. The summed E-state index contributed by atoms with van der Waals surface area (Å²) in [4.78, 5) is 24.6. The van der Waals surface area contributed by atoms with Gasteiger partial charge in [-0.2, -0.15) is 0 Å². The van der Waals surface area contributed by atoms with E-state index < -0.39 is 12.1 Å². The van der Waals surface area contributed by atoms with E-state index in [1.54, 1.807) is 43.3 Å². The van der Waals surface area contributed by atoms with Gasteiger partial charge in [0.1, 0.15) is 0 Å². The quantitative estimate of drug-likeness (QED) is 0.501. The highest BCUT2D eigenvalue weighted by Crippen LogP contribution is 2.18. The number of hydrogen-bond acceptors (Lipinski definition) is 3. The van der Waals surface area contributed by atoms with Crippen LogP contribution in [0.3, 0.4) is 0 Å². The molecular weight excluding hydrogens is 324 g/mol. The number of halogens is 1. The molecule has 0 aliphatic heterocycles. The molecule has 0 bridgehead atoms. The lowest BCUT2D eigenvalue weighted by Crippen LogP contribution is -2.24. The molecule has 0 N–H and O–H groups in total. The molecule has 0 radical (unpaired) electrons. The summed E-state index contributed by atoms with van der Waals surface area (Å²) in [6, 6.07) is 19.6. The first-order valence-corrected chi connectivity index (χ1v) is 7.92. The normalized spacial score (nSPS) is 11.9. The third-order valence-corrected chi connectivity index (χ3v) is 3.98. The van der Waals surface area contributed by atoms with Crippen molar-refractivity contribution in [3.63, 3.8) is 0 Å². The van der Waals surface area contributed by atoms with Crippen LogP contribution in [0.5, 0.6) is 0 Å². The van der Waals surface area contributed by atoms with Crippen LogP contribution in [0.2, 0.25) is 5.02 Å². The summed E-state index contributed by atoms with van der Waals surface area (Å²) in [7, 11) is 0. The Morgan fingerprint density at radius 3 is 2.38 bits per heavy atom. The molecule has 4 heteroatoms. The highest BCUT2D eigenvalue weighted by Gasteiger charge is 2.20. The van der Waals surface area contributed by atoms with E-state index >= 15 is 0 Å². The lowest BCUT2D eigenvalue weighted by molar-refractivity contribution is 0.0319. The Hall–Kier alpha value is -2.65. The minimum Gasteiger partial charge on any atom is -0.451 e. The predicted octanol–water partition coefficient (Wildman–Crippen LogP) is 4.92. The van der Waals surface area contributed by atoms with Crippen molar-refractivity contribution < 1.29 is 14.3 Å². The molecule has 3 nitrogen and oxygen atoms in total. The first-order chi connectivity index (χ1) is 11.5. The molecular formula is C20H15ClO3. The number of Topliss-reactive ketones (excluding diaryl/α,β-unsaturated/α-hetero) is 1. The lowest BCUT2D eigenvalue weighted by atomic mass is 10.1. The maximum atomic E-state index is 12.3. The minimum atomic E-state index is -0.887. The van der Waals surface area contributed by atoms with Crippen molar-refractivity contribution in [2.45, 2.75) is 13.0 Å². The van der Waals surface area contributed by atoms with Crippen molar-refractivity contribution in [3.8, 4) is 0 Å². The molecule has 0 amide bonds. The van der Waals surface area contributed by atoms with E-state index in [-0.39, 0.29) is 5.78 Å². The number of fused-ring (bicyclic) bond motifs is 1. The average molecular weight is 339 g/mol. The van der Waals surface area contributed by atoms with Gasteiger partial charge in [-0.3, -0.25) is 4.79 Å². The largest absolute Gasteiger partial charge is 0.451 e. The molecule has 3 aromatic carbocycles. The molecule has 0 unspecified atom stereocenters. The van der Waals surface area contributed by atoms with Crippen LogP contribution in [-0.2, 0) is 4.74 Å². The van der Waals surface area contributed by atoms with Crippen molar-refractivity contribution in [1.29, 1.82) is 0 Å². The number of ether oxygens (including phenoxy) is 1. The maximum absolute atomic E-state index is 12.3. The van der Waals surface area contributed by atoms with Crippen molar-refractivity contribution in [2.24, 2.45) is 0 Å². The van der Waals surface area contributed by atoms with Crippen molar-refractivity contribution in [3.05, 3.63) is 82.9 Å². The number of ketones is 1. The fourth-order valence-electron chi connectivity index (χ4n) is 2.47. The van der Waals surface area contributed by atoms with E-state index in [9.17, 15) is 9.59 Å². The van der Waals surface area contributed by atoms with Crippen LogP contribution in [0.15, 0.2) is 66.7 Å². The topological polar surface area (TPSA) is 43.4 Å². The summed E-state index contributed by atoms with van der Waals surface area (Å²) in [5.74, 6) is -0.810. The van der Waals surface area contributed by atoms with Gasteiger partial charge in [0.2, 0.25) is 5.78 Å². The molecule has 1 atom stereocenters. The third kappa shape index (κ3) is 3.47. The summed E-state index contributed by atoms with van der Waals surface area (Å²) < 4.78 is 5.31. The lowest BCUT2D eigenvalue weighted by Gasteiger charge is -2.13. The zero-order valence-electron chi connectivity index (χ0n) is 13.0. The highest BCUT2D eigenvalue weighted by atomic mass is 35.5. The van der Waals surface area contributed by atoms with Gasteiger partial charge in [-0.25, -0.2) is 4.79 Å². The molecule has 0 heterocycles. The van der Waals surface area contributed by atoms with E-state index in [0.29, 0.717) is 16.1 Å². The highest BCUT2D eigenvalue weighted by molar-refractivity contribution is 6.31. The molecule has 0 saturated carbocycles. The van der Waals surface area contributed by atoms with Crippen LogP contribution in [0, 0.1) is 0 Å². The van der Waals surface area contributed by atoms with Crippen LogP contribution in [0.4, 0.5) is 0 Å². The molecule has 3 rings (SSSR count). The molecule has 0 spiro atoms. The van der Waals surface area contributed by atoms with Gasteiger partial charge >= 0.3 is 5.97 Å². The number of benzene rings is 3. The molecule has 0 fully saturated rings. The summed E-state index contributed by atoms with van der Waals surface area (Å²) in [5.41, 5.74) is 0.834. The molecule has 0 aliphatic carbocycles. The number of carbonyl (C=O) groups excluding carboxylic acids is 2. The number of hydrogen-bond donors (Lipinski definition) is 0. The number of carbonyl (C=O) groups is 2. The van der Waals surface area contributed by atoms with Crippen molar-refractivity contribution in [1.82, 2.24) is 0 Å². The summed E-state index contributed by atoms with van der Waals surface area (Å²) in [6.45, 7) is 1.56. The van der Waals surface area contributed by atoms with E-state index in [1.165, 1.54) is 0 Å². The van der Waals surface area contributed by atoms with Gasteiger partial charge in [0.15, 0.2) is 6.10 Å². The Morgan fingerprint density at radius 1 is 0.875 bits per heavy atom. The third-order valence-electron chi connectivity index (χ3n) is 3.75. The van der Waals surface area contributed by atoms with E-state index in [0.717, 1.165) is 10.8 Å². The fraction of sp³-hybridized carbons (Fsp3) is 0.100. The Kier molecular flexibility index (Phi) is 4.63. The van der Waals surface area contributed by atoms with Crippen LogP contribution in [-0.4, -0.2) is 17.9 Å². The second-order valence-electron chi connectivity index (χ2n) is 5.48. The van der Waals surface area contributed by atoms with Gasteiger partial charge in [-0.15, -0.1) is 0 Å². The molecule has 0 aromatic heterocycles. The standard InChI is InChI=1S/C20H15ClO3/c1-13(19(22)16-7-4-8-18(21)12-16)24-20(23)17-10-9-14-5-2-3-6-15(14)11-17/h2-13H,1H3/t13-/m1/s1. The second kappa shape index (κ2) is 6.85. The van der Waals surface area contributed by atoms with Crippen molar-refractivity contribution >= 4 is 34.1 Å². The van der Waals surface area contributed by atoms with Crippen molar-refractivity contribution in [2.75, 3.05) is 0 Å². The smallest absolute Gasteiger partial charge is 0.338 e. The van der Waals surface area contributed by atoms with Gasteiger partial charge in [0, 0.05) is 10.6 Å². The predicted molar refractivity (Wildman–Crippen MR) is 94.6 cm³/mol. The van der Waals surface area contributed by atoms with Crippen LogP contribution in [0.25, 0.3) is 10.8 Å². The Labute approximate surface area is 144 Å². The zero-order valence-corrected chi connectivity index (χ0v) is 13.8. The average Bonchev–Trinajstić information content (AvgIpc) is 2.60. The minimum absolute atomic E-state index is 0.286. The molecule has 3 aromatic rings. The first kappa shape index (κ1) is 16.2. The molecule has 0 saturated heterocycles. The van der Waals surface area contributed by atoms with Crippen LogP contribution in [0.1, 0.15) is 27.6 Å². The summed E-state index contributed by atoms with van der Waals surface area (Å²) in [5, 5.41) is 2.45. The van der Waals surface area contributed by atoms with Gasteiger partial charge in [0.05, 0.1) is 5.56 Å². The fourth-order valence-corrected chi connectivity index (χ4v) is 2.67. The number of esters is 1. The van der Waals surface area contributed by atoms with E-state index in [2.05, 4.69) is 0 Å². The number of rotatable bonds is 4. The van der Waals surface area contributed by atoms with Crippen LogP contribution < -0.4 is 0 Å². The molecule has 0 aliphatic rings. The van der Waals surface area contributed by atoms with Gasteiger partial charge < -0.3 is 4.74 Å². The molecule has 24 heavy (non-hydrogen) atoms. The Morgan fingerprint density at radius 2 is 1.62 bits per heavy atom. The maximum Gasteiger partial charge on any atom is 0.338 e. The van der Waals surface area contributed by atoms with E-state index in [4.69, 9.17) is 16.3 Å². The monoisotopic (exact) mass is 338 g/mol. The van der Waals surface area contributed by atoms with Gasteiger partial charge in [0.25, 0.3) is 0 Å². The van der Waals surface area contributed by atoms with Gasteiger partial charge in [-0.1, -0.05) is 54.1 Å². The Balaban J connectivity index is 1.76. The van der Waals surface area contributed by atoms with E-state index in [1.807, 2.05) is 30.3 Å². The second-order valence-corrected chi connectivity index (χ2v) is 5.92. The van der Waals surface area contributed by atoms with Crippen LogP contribution >= 0.6 is 11.6 Å². The summed E-state index contributed by atoms with van der Waals surface area (Å²) in [6.07, 6.45) is -0.887.